The van der Waals surface area contributed by atoms with Crippen molar-refractivity contribution in [2.45, 2.75) is 19.5 Å². The number of benzene rings is 1. The summed E-state index contributed by atoms with van der Waals surface area (Å²) in [5.74, 6) is -1.07. The Hall–Kier alpha value is -2.13. The van der Waals surface area contributed by atoms with Crippen LogP contribution in [0.25, 0.3) is 0 Å². The first-order valence-electron chi connectivity index (χ1n) is 9.10. The van der Waals surface area contributed by atoms with Gasteiger partial charge in [-0.25, -0.2) is 0 Å². The van der Waals surface area contributed by atoms with Crippen LogP contribution in [-0.2, 0) is 25.2 Å². The van der Waals surface area contributed by atoms with Crippen LogP contribution < -0.4 is 10.6 Å². The maximum absolute atomic E-state index is 12.2. The molecule has 0 aromatic heterocycles. The summed E-state index contributed by atoms with van der Waals surface area (Å²) >= 11 is 1.39. The Bertz CT molecular complexity index is 818. The Morgan fingerprint density at radius 2 is 2.10 bits per heavy atom. The molecule has 0 saturated carbocycles. The van der Waals surface area contributed by atoms with Crippen LogP contribution in [0, 0.1) is 5.92 Å². The van der Waals surface area contributed by atoms with Crippen molar-refractivity contribution in [3.8, 4) is 0 Å². The number of thioether (sulfide) groups is 1. The Kier molecular flexibility index (Phi) is 10.8. The van der Waals surface area contributed by atoms with Crippen molar-refractivity contribution in [3.63, 3.8) is 0 Å². The highest BCUT2D eigenvalue weighted by Gasteiger charge is 2.23. The van der Waals surface area contributed by atoms with Crippen LogP contribution in [0.15, 0.2) is 36.9 Å². The van der Waals surface area contributed by atoms with Crippen molar-refractivity contribution < 1.29 is 33.5 Å². The molecular weight excluding hydrogens is 431 g/mol. The summed E-state index contributed by atoms with van der Waals surface area (Å²) in [6, 6.07) is 5.48. The highest BCUT2D eigenvalue weighted by molar-refractivity contribution is 7.99. The fourth-order valence-corrected chi connectivity index (χ4v) is 4.54. The molecule has 2 amide bonds. The summed E-state index contributed by atoms with van der Waals surface area (Å²) in [7, 11) is -2.34. The molecule has 1 aromatic carbocycles. The average Bonchev–Trinajstić information content (AvgIpc) is 2.72. The SMILES string of the molecule is C=C[C@H](NC(=O)c1cccc(CNC(=O)[C@@H](C)CSCCP(=O)(O)OC)c1)C(=O)[OH2+]. The zero-order valence-electron chi connectivity index (χ0n) is 16.9. The molecule has 1 aromatic rings. The summed E-state index contributed by atoms with van der Waals surface area (Å²) in [4.78, 5) is 44.9. The molecule has 0 aliphatic carbocycles. The number of hydrogen-bond donors (Lipinski definition) is 3. The van der Waals surface area contributed by atoms with Gasteiger partial charge in [-0.05, 0) is 17.7 Å². The van der Waals surface area contributed by atoms with E-state index in [1.54, 1.807) is 31.2 Å². The molecule has 0 spiro atoms. The molecule has 1 unspecified atom stereocenters. The van der Waals surface area contributed by atoms with E-state index in [0.29, 0.717) is 22.6 Å². The van der Waals surface area contributed by atoms with E-state index < -0.39 is 25.5 Å². The van der Waals surface area contributed by atoms with E-state index in [9.17, 15) is 23.8 Å². The molecule has 30 heavy (non-hydrogen) atoms. The first-order valence-corrected chi connectivity index (χ1v) is 12.0. The van der Waals surface area contributed by atoms with Crippen LogP contribution in [0.5, 0.6) is 0 Å². The minimum Gasteiger partial charge on any atom is -0.563 e. The van der Waals surface area contributed by atoms with E-state index in [4.69, 9.17) is 5.11 Å². The lowest BCUT2D eigenvalue weighted by atomic mass is 10.1. The number of rotatable bonds is 13. The van der Waals surface area contributed by atoms with Gasteiger partial charge in [0.25, 0.3) is 5.91 Å². The predicted octanol–water partition coefficient (Wildman–Crippen LogP) is 1.04. The Morgan fingerprint density at radius 1 is 1.40 bits per heavy atom. The molecule has 3 atom stereocenters. The number of nitrogens with one attached hydrogen (secondary N) is 2. The van der Waals surface area contributed by atoms with Gasteiger partial charge in [0.05, 0.1) is 6.16 Å². The van der Waals surface area contributed by atoms with E-state index in [0.717, 1.165) is 0 Å². The average molecular weight is 459 g/mol. The first-order chi connectivity index (χ1) is 14.1. The van der Waals surface area contributed by atoms with Crippen LogP contribution in [0.1, 0.15) is 22.8 Å². The van der Waals surface area contributed by atoms with Gasteiger partial charge in [-0.1, -0.05) is 25.1 Å². The summed E-state index contributed by atoms with van der Waals surface area (Å²) in [5, 5.41) is 12.3. The number of amides is 2. The van der Waals surface area contributed by atoms with Crippen LogP contribution in [0.4, 0.5) is 0 Å². The summed E-state index contributed by atoms with van der Waals surface area (Å²) in [6.45, 7) is 5.39. The third-order valence-corrected chi connectivity index (χ3v) is 6.97. The van der Waals surface area contributed by atoms with Gasteiger partial charge in [-0.2, -0.15) is 11.8 Å². The molecule has 1 rings (SSSR count). The summed E-state index contributed by atoms with van der Waals surface area (Å²) < 4.78 is 15.9. The van der Waals surface area contributed by atoms with Crippen LogP contribution in [0.2, 0.25) is 0 Å². The molecule has 5 N–H and O–H groups in total. The maximum Gasteiger partial charge on any atom is 0.542 e. The van der Waals surface area contributed by atoms with E-state index >= 15 is 0 Å². The standard InChI is InChI=1S/C19H27N2O7PS/c1-4-16(19(24)25)21-18(23)15-7-5-6-14(10-15)11-20-17(22)13(2)12-30-9-8-29(26,27)28-3/h4-7,10,13,16H,1,8-9,11-12H2,2-3H3,(H,20,22)(H,21,23)(H,24,25)(H,26,27)/p+1/t13-,16-/m0/s1. The zero-order chi connectivity index (χ0) is 22.7. The smallest absolute Gasteiger partial charge is 0.542 e. The second-order valence-electron chi connectivity index (χ2n) is 6.49. The monoisotopic (exact) mass is 459 g/mol. The van der Waals surface area contributed by atoms with Gasteiger partial charge in [0.2, 0.25) is 11.9 Å². The van der Waals surface area contributed by atoms with Crippen molar-refractivity contribution in [2.75, 3.05) is 24.8 Å². The minimum absolute atomic E-state index is 0.0237. The van der Waals surface area contributed by atoms with Gasteiger partial charge in [-0.3, -0.25) is 14.2 Å². The number of carbonyl (C=O) groups excluding carboxylic acids is 3. The lowest BCUT2D eigenvalue weighted by Crippen LogP contribution is -2.39. The predicted molar refractivity (Wildman–Crippen MR) is 117 cm³/mol. The number of hydrogen-bond acceptors (Lipinski definition) is 6. The molecule has 0 saturated heterocycles. The van der Waals surface area contributed by atoms with Gasteiger partial charge in [0.15, 0.2) is 0 Å². The van der Waals surface area contributed by atoms with Gasteiger partial charge in [0.1, 0.15) is 0 Å². The Morgan fingerprint density at radius 3 is 2.70 bits per heavy atom. The first kappa shape index (κ1) is 25.9. The molecule has 9 nitrogen and oxygen atoms in total. The zero-order valence-corrected chi connectivity index (χ0v) is 18.6. The molecule has 11 heteroatoms. The molecule has 166 valence electrons. The van der Waals surface area contributed by atoms with Crippen molar-refractivity contribution in [3.05, 3.63) is 48.0 Å². The van der Waals surface area contributed by atoms with E-state index in [2.05, 4.69) is 21.7 Å². The normalized spacial score (nSPS) is 14.8. The second kappa shape index (κ2) is 12.5. The Balaban J connectivity index is 2.52. The molecule has 0 heterocycles. The van der Waals surface area contributed by atoms with Gasteiger partial charge < -0.3 is 25.2 Å². The van der Waals surface area contributed by atoms with Crippen LogP contribution in [0.3, 0.4) is 0 Å². The largest absolute Gasteiger partial charge is 0.563 e. The highest BCUT2D eigenvalue weighted by atomic mass is 32.2. The van der Waals surface area contributed by atoms with Crippen molar-refractivity contribution in [1.82, 2.24) is 10.6 Å². The number of carbonyl (C=O) groups is 3. The Labute approximate surface area is 179 Å². The third-order valence-electron chi connectivity index (χ3n) is 4.08. The van der Waals surface area contributed by atoms with E-state index in [-0.39, 0.29) is 24.5 Å². The fourth-order valence-electron chi connectivity index (χ4n) is 2.25. The lowest BCUT2D eigenvalue weighted by Gasteiger charge is -2.13. The van der Waals surface area contributed by atoms with E-state index in [1.165, 1.54) is 24.9 Å². The van der Waals surface area contributed by atoms with Crippen molar-refractivity contribution >= 4 is 37.1 Å². The molecule has 0 aliphatic heterocycles. The van der Waals surface area contributed by atoms with Gasteiger partial charge >= 0.3 is 13.6 Å². The molecule has 0 bridgehead atoms. The molecule has 0 aliphatic rings. The van der Waals surface area contributed by atoms with Gasteiger partial charge in [0, 0.05) is 41.4 Å². The third kappa shape index (κ3) is 9.13. The van der Waals surface area contributed by atoms with Crippen molar-refractivity contribution in [1.29, 1.82) is 0 Å². The molecule has 0 radical (unpaired) electrons. The highest BCUT2D eigenvalue weighted by Crippen LogP contribution is 2.40. The van der Waals surface area contributed by atoms with Crippen LogP contribution >= 0.6 is 19.4 Å². The minimum atomic E-state index is -3.53. The molecule has 0 fully saturated rings. The second-order valence-corrected chi connectivity index (χ2v) is 9.73. The van der Waals surface area contributed by atoms with Crippen molar-refractivity contribution in [2.24, 2.45) is 5.92 Å². The summed E-state index contributed by atoms with van der Waals surface area (Å²) in [5.41, 5.74) is 0.995. The van der Waals surface area contributed by atoms with Gasteiger partial charge in [-0.15, -0.1) is 6.58 Å². The summed E-state index contributed by atoms with van der Waals surface area (Å²) in [6.07, 6.45) is 1.21. The fraction of sp³-hybridized carbons (Fsp3) is 0.421. The molecular formula is C19H28N2O7PS+. The van der Waals surface area contributed by atoms with E-state index in [1.807, 2.05) is 0 Å². The lowest BCUT2D eigenvalue weighted by molar-refractivity contribution is -0.138. The van der Waals surface area contributed by atoms with Crippen LogP contribution in [-0.4, -0.2) is 58.6 Å². The maximum atomic E-state index is 12.2. The topological polar surface area (TPSA) is 145 Å². The quantitative estimate of drug-likeness (QED) is 0.173.